The summed E-state index contributed by atoms with van der Waals surface area (Å²) in [6, 6.07) is 16.3. The number of carbonyl (C=O) groups is 2. The molecular weight excluding hydrogens is 344 g/mol. The maximum absolute atomic E-state index is 12.1. The van der Waals surface area contributed by atoms with Gasteiger partial charge in [0, 0.05) is 12.5 Å². The van der Waals surface area contributed by atoms with Gasteiger partial charge in [0.1, 0.15) is 12.1 Å². The van der Waals surface area contributed by atoms with Crippen molar-refractivity contribution in [3.8, 4) is 11.1 Å². The summed E-state index contributed by atoms with van der Waals surface area (Å²) in [6.07, 6.45) is 0.250. The van der Waals surface area contributed by atoms with Crippen LogP contribution in [-0.4, -0.2) is 35.9 Å². The quantitative estimate of drug-likeness (QED) is 0.755. The van der Waals surface area contributed by atoms with Crippen molar-refractivity contribution in [3.63, 3.8) is 0 Å². The summed E-state index contributed by atoms with van der Waals surface area (Å²) in [5, 5.41) is 11.7. The van der Waals surface area contributed by atoms with Crippen LogP contribution in [0.3, 0.4) is 0 Å². The second kappa shape index (κ2) is 6.70. The van der Waals surface area contributed by atoms with Crippen LogP contribution in [0.25, 0.3) is 11.1 Å². The molecule has 0 atom stereocenters. The Kier molecular flexibility index (Phi) is 4.36. The Balaban J connectivity index is 1.33. The van der Waals surface area contributed by atoms with Gasteiger partial charge >= 0.3 is 12.1 Å². The average molecular weight is 366 g/mol. The van der Waals surface area contributed by atoms with Gasteiger partial charge in [-0.25, -0.2) is 4.79 Å². The summed E-state index contributed by atoms with van der Waals surface area (Å²) < 4.78 is 5.46. The molecule has 1 fully saturated rings. The number of carboxylic acid groups (broad SMARTS) is 1. The summed E-state index contributed by atoms with van der Waals surface area (Å²) in [7, 11) is 0. The van der Waals surface area contributed by atoms with E-state index in [0.29, 0.717) is 19.4 Å². The number of ether oxygens (including phenoxy) is 1. The molecule has 0 unspecified atom stereocenters. The largest absolute Gasteiger partial charge is 0.480 e. The molecule has 0 radical (unpaired) electrons. The second-order valence-electron chi connectivity index (χ2n) is 7.44. The van der Waals surface area contributed by atoms with Crippen LogP contribution in [0.2, 0.25) is 0 Å². The maximum atomic E-state index is 12.1. The Bertz CT molecular complexity index is 844. The van der Waals surface area contributed by atoms with Crippen molar-refractivity contribution >= 4 is 12.1 Å². The molecule has 1 saturated carbocycles. The van der Waals surface area contributed by atoms with Crippen molar-refractivity contribution in [3.05, 3.63) is 59.7 Å². The van der Waals surface area contributed by atoms with Gasteiger partial charge in [-0.05, 0) is 41.0 Å². The van der Waals surface area contributed by atoms with Gasteiger partial charge in [-0.1, -0.05) is 48.5 Å². The summed E-state index contributed by atoms with van der Waals surface area (Å²) in [5.74, 6) is -0.887. The fraction of sp³-hybridized carbons (Fsp3) is 0.333. The van der Waals surface area contributed by atoms with Gasteiger partial charge in [0.2, 0.25) is 0 Å². The van der Waals surface area contributed by atoms with Crippen molar-refractivity contribution < 1.29 is 19.4 Å². The van der Waals surface area contributed by atoms with Gasteiger partial charge in [0.05, 0.1) is 0 Å². The van der Waals surface area contributed by atoms with Crippen LogP contribution in [0.1, 0.15) is 29.9 Å². The monoisotopic (exact) mass is 366 g/mol. The van der Waals surface area contributed by atoms with Crippen LogP contribution in [0.5, 0.6) is 0 Å². The molecule has 2 aromatic carbocycles. The van der Waals surface area contributed by atoms with Crippen LogP contribution < -0.4 is 11.1 Å². The third kappa shape index (κ3) is 3.17. The molecule has 0 heterocycles. The van der Waals surface area contributed by atoms with Crippen LogP contribution in [0.15, 0.2) is 48.5 Å². The summed E-state index contributed by atoms with van der Waals surface area (Å²) in [5.41, 5.74) is 9.29. The van der Waals surface area contributed by atoms with Crippen molar-refractivity contribution in [2.45, 2.75) is 24.3 Å². The minimum Gasteiger partial charge on any atom is -0.480 e. The Morgan fingerprint density at radius 1 is 1.07 bits per heavy atom. The van der Waals surface area contributed by atoms with E-state index in [-0.39, 0.29) is 18.4 Å². The van der Waals surface area contributed by atoms with Crippen LogP contribution >= 0.6 is 0 Å². The van der Waals surface area contributed by atoms with Crippen molar-refractivity contribution in [2.24, 2.45) is 11.7 Å². The summed E-state index contributed by atoms with van der Waals surface area (Å²) in [6.45, 7) is 0.642. The number of hydrogen-bond donors (Lipinski definition) is 3. The van der Waals surface area contributed by atoms with E-state index in [4.69, 9.17) is 15.6 Å². The average Bonchev–Trinajstić information content (AvgIpc) is 2.96. The van der Waals surface area contributed by atoms with E-state index in [1.54, 1.807) is 0 Å². The highest BCUT2D eigenvalue weighted by molar-refractivity contribution is 5.80. The Labute approximate surface area is 157 Å². The second-order valence-corrected chi connectivity index (χ2v) is 7.44. The van der Waals surface area contributed by atoms with Crippen LogP contribution in [0, 0.1) is 5.92 Å². The molecule has 4 rings (SSSR count). The molecule has 2 aliphatic carbocycles. The predicted molar refractivity (Wildman–Crippen MR) is 100 cm³/mol. The van der Waals surface area contributed by atoms with Crippen LogP contribution in [-0.2, 0) is 9.53 Å². The number of hydrogen-bond acceptors (Lipinski definition) is 4. The zero-order valence-corrected chi connectivity index (χ0v) is 14.9. The molecule has 6 nitrogen and oxygen atoms in total. The highest BCUT2D eigenvalue weighted by atomic mass is 16.5. The van der Waals surface area contributed by atoms with Gasteiger partial charge in [0.15, 0.2) is 0 Å². The number of carboxylic acids is 1. The Morgan fingerprint density at radius 3 is 2.19 bits per heavy atom. The number of nitrogens with two attached hydrogens (primary N) is 1. The molecule has 0 aliphatic heterocycles. The zero-order chi connectivity index (χ0) is 19.0. The predicted octanol–water partition coefficient (Wildman–Crippen LogP) is 2.72. The first-order chi connectivity index (χ1) is 13.0. The van der Waals surface area contributed by atoms with Gasteiger partial charge < -0.3 is 20.9 Å². The number of nitrogens with one attached hydrogen (secondary N) is 1. The van der Waals surface area contributed by atoms with E-state index >= 15 is 0 Å². The Morgan fingerprint density at radius 2 is 1.63 bits per heavy atom. The number of carbonyl (C=O) groups excluding carboxylic acids is 1. The lowest BCUT2D eigenvalue weighted by atomic mass is 9.69. The van der Waals surface area contributed by atoms with E-state index in [1.165, 1.54) is 22.3 Å². The smallest absolute Gasteiger partial charge is 0.407 e. The summed E-state index contributed by atoms with van der Waals surface area (Å²) >= 11 is 0. The molecule has 6 heteroatoms. The fourth-order valence-electron chi connectivity index (χ4n) is 4.17. The molecule has 0 aromatic heterocycles. The molecule has 0 saturated heterocycles. The van der Waals surface area contributed by atoms with Crippen LogP contribution in [0.4, 0.5) is 4.79 Å². The molecule has 2 aromatic rings. The van der Waals surface area contributed by atoms with Gasteiger partial charge in [-0.2, -0.15) is 0 Å². The third-order valence-corrected chi connectivity index (χ3v) is 5.61. The summed E-state index contributed by atoms with van der Waals surface area (Å²) in [4.78, 5) is 23.1. The lowest BCUT2D eigenvalue weighted by molar-refractivity contribution is -0.148. The lowest BCUT2D eigenvalue weighted by Gasteiger charge is -2.41. The first-order valence-corrected chi connectivity index (χ1v) is 9.09. The SMILES string of the molecule is NC1(C(=O)O)CC(CNC(=O)OCC2c3ccccc3-c3ccccc32)C1. The number of fused-ring (bicyclic) bond motifs is 3. The van der Waals surface area contributed by atoms with E-state index in [9.17, 15) is 9.59 Å². The van der Waals surface area contributed by atoms with E-state index < -0.39 is 17.6 Å². The minimum absolute atomic E-state index is 0.0237. The highest BCUT2D eigenvalue weighted by Gasteiger charge is 2.47. The highest BCUT2D eigenvalue weighted by Crippen LogP contribution is 2.44. The zero-order valence-electron chi connectivity index (χ0n) is 14.9. The maximum Gasteiger partial charge on any atom is 0.407 e. The van der Waals surface area contributed by atoms with Gasteiger partial charge in [-0.3, -0.25) is 4.79 Å². The Hall–Kier alpha value is -2.86. The van der Waals surface area contributed by atoms with Crippen molar-refractivity contribution in [1.82, 2.24) is 5.32 Å². The normalized spacial score (nSPS) is 23.1. The van der Waals surface area contributed by atoms with Crippen molar-refractivity contribution in [1.29, 1.82) is 0 Å². The topological polar surface area (TPSA) is 102 Å². The molecule has 0 spiro atoms. The standard InChI is InChI=1S/C21H22N2O4/c22-21(19(24)25)9-13(10-21)11-23-20(26)27-12-18-16-7-3-1-5-14(16)15-6-2-4-8-17(15)18/h1-8,13,18H,9-12,22H2,(H,23,26)(H,24,25). The number of benzene rings is 2. The molecule has 4 N–H and O–H groups in total. The van der Waals surface area contributed by atoms with E-state index in [1.807, 2.05) is 24.3 Å². The van der Waals surface area contributed by atoms with E-state index in [2.05, 4.69) is 29.6 Å². The number of alkyl carbamates (subject to hydrolysis) is 1. The lowest BCUT2D eigenvalue weighted by Crippen LogP contribution is -2.59. The molecule has 140 valence electrons. The molecule has 0 bridgehead atoms. The molecule has 27 heavy (non-hydrogen) atoms. The molecular formula is C21H22N2O4. The fourth-order valence-corrected chi connectivity index (χ4v) is 4.17. The van der Waals surface area contributed by atoms with Crippen molar-refractivity contribution in [2.75, 3.05) is 13.2 Å². The van der Waals surface area contributed by atoms with Gasteiger partial charge in [0.25, 0.3) is 0 Å². The minimum atomic E-state index is -1.15. The number of amides is 1. The molecule has 2 aliphatic rings. The van der Waals surface area contributed by atoms with E-state index in [0.717, 1.165) is 0 Å². The van der Waals surface area contributed by atoms with Gasteiger partial charge in [-0.15, -0.1) is 0 Å². The number of aliphatic carboxylic acids is 1. The number of rotatable bonds is 5. The first-order valence-electron chi connectivity index (χ1n) is 9.09. The molecule has 1 amide bonds. The third-order valence-electron chi connectivity index (χ3n) is 5.61. The first kappa shape index (κ1) is 17.5.